The molecule has 1 unspecified atom stereocenters. The minimum Gasteiger partial charge on any atom is -0.337 e. The number of carbonyl (C=O) groups excluding carboxylic acids is 1. The summed E-state index contributed by atoms with van der Waals surface area (Å²) in [5.41, 5.74) is 6.87. The van der Waals surface area contributed by atoms with Gasteiger partial charge in [-0.05, 0) is 31.4 Å². The average molecular weight is 289 g/mol. The van der Waals surface area contributed by atoms with E-state index < -0.39 is 0 Å². The van der Waals surface area contributed by atoms with Crippen LogP contribution in [-0.2, 0) is 11.3 Å². The Labute approximate surface area is 127 Å². The van der Waals surface area contributed by atoms with E-state index in [0.717, 1.165) is 39.0 Å². The summed E-state index contributed by atoms with van der Waals surface area (Å²) in [5.74, 6) is 0.0930. The number of benzene rings is 1. The number of hydrogen-bond acceptors (Lipinski definition) is 3. The van der Waals surface area contributed by atoms with Crippen LogP contribution in [0, 0.1) is 0 Å². The molecule has 4 nitrogen and oxygen atoms in total. The SMILES string of the molecule is CCN(Cc1ccccc1)CC1CCCCN1C(=O)CN. The fourth-order valence-electron chi connectivity index (χ4n) is 3.08. The van der Waals surface area contributed by atoms with Crippen LogP contribution in [0.3, 0.4) is 0 Å². The molecule has 116 valence electrons. The molecular formula is C17H27N3O. The molecular weight excluding hydrogens is 262 g/mol. The molecule has 21 heavy (non-hydrogen) atoms. The summed E-state index contributed by atoms with van der Waals surface area (Å²) in [6.45, 7) is 6.05. The molecule has 1 amide bonds. The van der Waals surface area contributed by atoms with Crippen LogP contribution in [0.4, 0.5) is 0 Å². The maximum absolute atomic E-state index is 12.0. The minimum absolute atomic E-state index is 0.0930. The number of nitrogens with two attached hydrogens (primary N) is 1. The Kier molecular flexibility index (Phi) is 6.21. The second-order valence-electron chi connectivity index (χ2n) is 5.75. The second-order valence-corrected chi connectivity index (χ2v) is 5.75. The first-order valence-corrected chi connectivity index (χ1v) is 8.00. The highest BCUT2D eigenvalue weighted by Gasteiger charge is 2.27. The number of hydrogen-bond donors (Lipinski definition) is 1. The first-order valence-electron chi connectivity index (χ1n) is 8.00. The van der Waals surface area contributed by atoms with Gasteiger partial charge in [-0.2, -0.15) is 0 Å². The topological polar surface area (TPSA) is 49.6 Å². The molecule has 1 aliphatic rings. The monoisotopic (exact) mass is 289 g/mol. The number of piperidine rings is 1. The lowest BCUT2D eigenvalue weighted by Crippen LogP contribution is -2.51. The van der Waals surface area contributed by atoms with E-state index in [9.17, 15) is 4.79 Å². The predicted octanol–water partition coefficient (Wildman–Crippen LogP) is 1.85. The molecule has 0 aliphatic carbocycles. The summed E-state index contributed by atoms with van der Waals surface area (Å²) < 4.78 is 0. The zero-order chi connectivity index (χ0) is 15.1. The van der Waals surface area contributed by atoms with Gasteiger partial charge in [-0.3, -0.25) is 9.69 Å². The van der Waals surface area contributed by atoms with Crippen LogP contribution in [0.5, 0.6) is 0 Å². The number of likely N-dealkylation sites (N-methyl/N-ethyl adjacent to an activating group) is 1. The maximum atomic E-state index is 12.0. The van der Waals surface area contributed by atoms with Crippen LogP contribution in [0.2, 0.25) is 0 Å². The van der Waals surface area contributed by atoms with Crippen molar-refractivity contribution in [3.63, 3.8) is 0 Å². The van der Waals surface area contributed by atoms with E-state index in [1.807, 2.05) is 11.0 Å². The summed E-state index contributed by atoms with van der Waals surface area (Å²) in [5, 5.41) is 0. The Bertz CT molecular complexity index is 435. The maximum Gasteiger partial charge on any atom is 0.236 e. The van der Waals surface area contributed by atoms with Gasteiger partial charge in [-0.25, -0.2) is 0 Å². The molecule has 0 bridgehead atoms. The zero-order valence-corrected chi connectivity index (χ0v) is 13.0. The number of nitrogens with zero attached hydrogens (tertiary/aromatic N) is 2. The highest BCUT2D eigenvalue weighted by molar-refractivity contribution is 5.78. The van der Waals surface area contributed by atoms with Gasteiger partial charge < -0.3 is 10.6 Å². The summed E-state index contributed by atoms with van der Waals surface area (Å²) in [7, 11) is 0. The van der Waals surface area contributed by atoms with Crippen molar-refractivity contribution in [2.45, 2.75) is 38.8 Å². The van der Waals surface area contributed by atoms with Gasteiger partial charge in [-0.15, -0.1) is 0 Å². The van der Waals surface area contributed by atoms with E-state index in [1.54, 1.807) is 0 Å². The smallest absolute Gasteiger partial charge is 0.236 e. The molecule has 1 aliphatic heterocycles. The Balaban J connectivity index is 1.97. The molecule has 0 spiro atoms. The molecule has 1 saturated heterocycles. The fraction of sp³-hybridized carbons (Fsp3) is 0.588. The Morgan fingerprint density at radius 3 is 2.76 bits per heavy atom. The fourth-order valence-corrected chi connectivity index (χ4v) is 3.08. The Hall–Kier alpha value is -1.39. The minimum atomic E-state index is 0.0930. The van der Waals surface area contributed by atoms with E-state index in [4.69, 9.17) is 5.73 Å². The standard InChI is InChI=1S/C17H27N3O/c1-2-19(13-15-8-4-3-5-9-15)14-16-10-6-7-11-20(16)17(21)12-18/h3-5,8-9,16H,2,6-7,10-14,18H2,1H3. The second kappa shape index (κ2) is 8.15. The highest BCUT2D eigenvalue weighted by Crippen LogP contribution is 2.19. The molecule has 0 aromatic heterocycles. The largest absolute Gasteiger partial charge is 0.337 e. The van der Waals surface area contributed by atoms with Gasteiger partial charge in [0.15, 0.2) is 0 Å². The van der Waals surface area contributed by atoms with Gasteiger partial charge in [0.05, 0.1) is 6.54 Å². The average Bonchev–Trinajstić information content (AvgIpc) is 2.55. The van der Waals surface area contributed by atoms with Gasteiger partial charge in [0.2, 0.25) is 5.91 Å². The number of likely N-dealkylation sites (tertiary alicyclic amines) is 1. The molecule has 0 radical (unpaired) electrons. The number of amides is 1. The van der Waals surface area contributed by atoms with E-state index in [1.165, 1.54) is 12.0 Å². The van der Waals surface area contributed by atoms with Crippen LogP contribution in [-0.4, -0.2) is 47.9 Å². The van der Waals surface area contributed by atoms with E-state index >= 15 is 0 Å². The summed E-state index contributed by atoms with van der Waals surface area (Å²) >= 11 is 0. The third kappa shape index (κ3) is 4.55. The van der Waals surface area contributed by atoms with Crippen molar-refractivity contribution in [2.75, 3.05) is 26.2 Å². The van der Waals surface area contributed by atoms with Crippen molar-refractivity contribution >= 4 is 5.91 Å². The lowest BCUT2D eigenvalue weighted by molar-refractivity contribution is -0.133. The van der Waals surface area contributed by atoms with Crippen molar-refractivity contribution < 1.29 is 4.79 Å². The predicted molar refractivity (Wildman–Crippen MR) is 85.8 cm³/mol. The third-order valence-electron chi connectivity index (χ3n) is 4.29. The molecule has 1 atom stereocenters. The van der Waals surface area contributed by atoms with Crippen molar-refractivity contribution in [3.8, 4) is 0 Å². The highest BCUT2D eigenvalue weighted by atomic mass is 16.2. The van der Waals surface area contributed by atoms with Crippen molar-refractivity contribution in [2.24, 2.45) is 5.73 Å². The zero-order valence-electron chi connectivity index (χ0n) is 13.0. The van der Waals surface area contributed by atoms with Crippen molar-refractivity contribution in [1.29, 1.82) is 0 Å². The molecule has 1 aromatic carbocycles. The molecule has 2 N–H and O–H groups in total. The Morgan fingerprint density at radius 1 is 1.33 bits per heavy atom. The number of rotatable bonds is 6. The van der Waals surface area contributed by atoms with Gasteiger partial charge >= 0.3 is 0 Å². The van der Waals surface area contributed by atoms with Gasteiger partial charge in [0, 0.05) is 25.7 Å². The lowest BCUT2D eigenvalue weighted by atomic mass is 10.0. The molecule has 1 heterocycles. The summed E-state index contributed by atoms with van der Waals surface area (Å²) in [4.78, 5) is 16.4. The lowest BCUT2D eigenvalue weighted by Gasteiger charge is -2.38. The van der Waals surface area contributed by atoms with Crippen LogP contribution in [0.1, 0.15) is 31.7 Å². The normalized spacial score (nSPS) is 19.0. The van der Waals surface area contributed by atoms with Crippen molar-refractivity contribution in [1.82, 2.24) is 9.80 Å². The van der Waals surface area contributed by atoms with Crippen LogP contribution in [0.15, 0.2) is 30.3 Å². The third-order valence-corrected chi connectivity index (χ3v) is 4.29. The summed E-state index contributed by atoms with van der Waals surface area (Å²) in [6, 6.07) is 10.8. The van der Waals surface area contributed by atoms with E-state index in [0.29, 0.717) is 6.04 Å². The quantitative estimate of drug-likeness (QED) is 0.869. The van der Waals surface area contributed by atoms with E-state index in [2.05, 4.69) is 36.1 Å². The van der Waals surface area contributed by atoms with Crippen LogP contribution < -0.4 is 5.73 Å². The Morgan fingerprint density at radius 2 is 2.10 bits per heavy atom. The van der Waals surface area contributed by atoms with Gasteiger partial charge in [0.25, 0.3) is 0 Å². The molecule has 1 fully saturated rings. The molecule has 0 saturated carbocycles. The first-order chi connectivity index (χ1) is 10.2. The van der Waals surface area contributed by atoms with Crippen LogP contribution >= 0.6 is 0 Å². The first kappa shape index (κ1) is 16.0. The van der Waals surface area contributed by atoms with E-state index in [-0.39, 0.29) is 12.5 Å². The van der Waals surface area contributed by atoms with Gasteiger partial charge in [-0.1, -0.05) is 37.3 Å². The number of carbonyl (C=O) groups is 1. The molecule has 1 aromatic rings. The van der Waals surface area contributed by atoms with Gasteiger partial charge in [0.1, 0.15) is 0 Å². The van der Waals surface area contributed by atoms with Crippen molar-refractivity contribution in [3.05, 3.63) is 35.9 Å². The summed E-state index contributed by atoms with van der Waals surface area (Å²) in [6.07, 6.45) is 3.41. The molecule has 2 rings (SSSR count). The molecule has 4 heteroatoms. The van der Waals surface area contributed by atoms with Crippen LogP contribution in [0.25, 0.3) is 0 Å².